The van der Waals surface area contributed by atoms with Gasteiger partial charge in [-0.2, -0.15) is 0 Å². The van der Waals surface area contributed by atoms with Crippen LogP contribution < -0.4 is 10.6 Å². The van der Waals surface area contributed by atoms with Gasteiger partial charge in [0, 0.05) is 6.54 Å². The second-order valence-electron chi connectivity index (χ2n) is 6.08. The topological polar surface area (TPSA) is 41.1 Å². The molecule has 1 atom stereocenters. The van der Waals surface area contributed by atoms with Crippen LogP contribution in [0.3, 0.4) is 0 Å². The molecule has 3 nitrogen and oxygen atoms in total. The highest BCUT2D eigenvalue weighted by atomic mass is 16.2. The number of urea groups is 1. The predicted octanol–water partition coefficient (Wildman–Crippen LogP) is 3.80. The molecule has 0 aliphatic heterocycles. The first-order valence-corrected chi connectivity index (χ1v) is 7.79. The molecule has 1 aliphatic carbocycles. The fourth-order valence-electron chi connectivity index (χ4n) is 2.83. The summed E-state index contributed by atoms with van der Waals surface area (Å²) >= 11 is 0. The maximum atomic E-state index is 11.9. The maximum Gasteiger partial charge on any atom is 0.315 e. The summed E-state index contributed by atoms with van der Waals surface area (Å²) in [5.41, 5.74) is 2.67. The number of rotatable bonds is 5. The van der Waals surface area contributed by atoms with E-state index < -0.39 is 0 Å². The first-order chi connectivity index (χ1) is 9.66. The predicted molar refractivity (Wildman–Crippen MR) is 82.7 cm³/mol. The average molecular weight is 274 g/mol. The van der Waals surface area contributed by atoms with E-state index in [9.17, 15) is 4.79 Å². The van der Waals surface area contributed by atoms with Gasteiger partial charge in [-0.1, -0.05) is 38.1 Å². The molecule has 1 unspecified atom stereocenters. The number of carbonyl (C=O) groups is 1. The van der Waals surface area contributed by atoms with Gasteiger partial charge >= 0.3 is 6.03 Å². The van der Waals surface area contributed by atoms with E-state index in [1.54, 1.807) is 0 Å². The molecule has 0 aromatic heterocycles. The molecular weight excluding hydrogens is 248 g/mol. The highest BCUT2D eigenvalue weighted by Crippen LogP contribution is 2.29. The van der Waals surface area contributed by atoms with E-state index in [0.29, 0.717) is 5.92 Å². The lowest BCUT2D eigenvalue weighted by Gasteiger charge is -2.26. The zero-order chi connectivity index (χ0) is 14.4. The molecule has 1 aromatic carbocycles. The minimum atomic E-state index is -0.0320. The van der Waals surface area contributed by atoms with Crippen LogP contribution in [0.15, 0.2) is 24.3 Å². The normalized spacial score (nSPS) is 17.6. The van der Waals surface area contributed by atoms with Gasteiger partial charge in [-0.15, -0.1) is 0 Å². The summed E-state index contributed by atoms with van der Waals surface area (Å²) in [7, 11) is 0. The number of aryl methyl sites for hydroxylation is 1. The largest absolute Gasteiger partial charge is 0.338 e. The van der Waals surface area contributed by atoms with Gasteiger partial charge in [0.1, 0.15) is 0 Å². The maximum absolute atomic E-state index is 11.9. The number of nitrogens with one attached hydrogen (secondary N) is 2. The molecule has 2 amide bonds. The number of carbonyl (C=O) groups excluding carboxylic acids is 1. The monoisotopic (exact) mass is 274 g/mol. The Morgan fingerprint density at radius 1 is 1.35 bits per heavy atom. The second kappa shape index (κ2) is 7.32. The molecule has 0 fully saturated rings. The molecule has 0 saturated heterocycles. The van der Waals surface area contributed by atoms with Gasteiger partial charge in [-0.25, -0.2) is 4.79 Å². The van der Waals surface area contributed by atoms with E-state index in [1.165, 1.54) is 11.1 Å². The van der Waals surface area contributed by atoms with Gasteiger partial charge < -0.3 is 10.6 Å². The molecule has 2 N–H and O–H groups in total. The Morgan fingerprint density at radius 2 is 2.15 bits per heavy atom. The summed E-state index contributed by atoms with van der Waals surface area (Å²) in [6, 6.07) is 8.58. The Kier molecular flexibility index (Phi) is 5.45. The highest BCUT2D eigenvalue weighted by molar-refractivity contribution is 5.74. The summed E-state index contributed by atoms with van der Waals surface area (Å²) < 4.78 is 0. The van der Waals surface area contributed by atoms with Crippen LogP contribution in [-0.4, -0.2) is 12.6 Å². The minimum absolute atomic E-state index is 0.0320. The van der Waals surface area contributed by atoms with Crippen LogP contribution >= 0.6 is 0 Å². The summed E-state index contributed by atoms with van der Waals surface area (Å²) in [5.74, 6) is 0.699. The standard InChI is InChI=1S/C17H26N2O/c1-13(2)7-6-12-18-17(20)19-16-11-5-9-14-8-3-4-10-15(14)16/h3-4,8,10,13,16H,5-7,9,11-12H2,1-2H3,(H2,18,19,20). The first kappa shape index (κ1) is 14.9. The van der Waals surface area contributed by atoms with Crippen molar-refractivity contribution in [3.05, 3.63) is 35.4 Å². The van der Waals surface area contributed by atoms with Crippen molar-refractivity contribution in [2.45, 2.75) is 52.0 Å². The van der Waals surface area contributed by atoms with Crippen LogP contribution in [0, 0.1) is 5.92 Å². The lowest BCUT2D eigenvalue weighted by molar-refractivity contribution is 0.235. The van der Waals surface area contributed by atoms with Crippen molar-refractivity contribution in [2.24, 2.45) is 5.92 Å². The van der Waals surface area contributed by atoms with E-state index >= 15 is 0 Å². The van der Waals surface area contributed by atoms with Crippen LogP contribution in [0.2, 0.25) is 0 Å². The lowest BCUT2D eigenvalue weighted by atomic mass is 9.88. The molecule has 0 radical (unpaired) electrons. The zero-order valence-corrected chi connectivity index (χ0v) is 12.6. The minimum Gasteiger partial charge on any atom is -0.338 e. The zero-order valence-electron chi connectivity index (χ0n) is 12.6. The number of benzene rings is 1. The fraction of sp³-hybridized carbons (Fsp3) is 0.588. The Bertz CT molecular complexity index is 442. The van der Waals surface area contributed by atoms with Crippen LogP contribution in [0.5, 0.6) is 0 Å². The van der Waals surface area contributed by atoms with E-state index in [1.807, 2.05) is 0 Å². The number of fused-ring (bicyclic) bond motifs is 1. The van der Waals surface area contributed by atoms with Crippen LogP contribution in [0.4, 0.5) is 4.79 Å². The molecule has 1 aliphatic rings. The summed E-state index contributed by atoms with van der Waals surface area (Å²) in [6.07, 6.45) is 5.52. The number of hydrogen-bond acceptors (Lipinski definition) is 1. The van der Waals surface area contributed by atoms with E-state index in [4.69, 9.17) is 0 Å². The molecular formula is C17H26N2O. The Balaban J connectivity index is 1.80. The van der Waals surface area contributed by atoms with E-state index in [2.05, 4.69) is 48.7 Å². The quantitative estimate of drug-likeness (QED) is 0.788. The van der Waals surface area contributed by atoms with Gasteiger partial charge in [0.05, 0.1) is 6.04 Å². The molecule has 0 heterocycles. The highest BCUT2D eigenvalue weighted by Gasteiger charge is 2.20. The Morgan fingerprint density at radius 3 is 2.95 bits per heavy atom. The lowest BCUT2D eigenvalue weighted by Crippen LogP contribution is -2.39. The van der Waals surface area contributed by atoms with Crippen molar-refractivity contribution in [1.82, 2.24) is 10.6 Å². The van der Waals surface area contributed by atoms with Crippen molar-refractivity contribution in [3.8, 4) is 0 Å². The van der Waals surface area contributed by atoms with Gasteiger partial charge in [-0.3, -0.25) is 0 Å². The van der Waals surface area contributed by atoms with Gasteiger partial charge in [0.25, 0.3) is 0 Å². The summed E-state index contributed by atoms with van der Waals surface area (Å²) in [6.45, 7) is 5.18. The summed E-state index contributed by atoms with van der Waals surface area (Å²) in [5, 5.41) is 6.08. The molecule has 2 rings (SSSR count). The van der Waals surface area contributed by atoms with Crippen LogP contribution in [0.1, 0.15) is 56.7 Å². The molecule has 0 spiro atoms. The third-order valence-electron chi connectivity index (χ3n) is 3.92. The van der Waals surface area contributed by atoms with Crippen molar-refractivity contribution in [1.29, 1.82) is 0 Å². The average Bonchev–Trinajstić information content (AvgIpc) is 2.44. The molecule has 0 saturated carbocycles. The fourth-order valence-corrected chi connectivity index (χ4v) is 2.83. The molecule has 20 heavy (non-hydrogen) atoms. The van der Waals surface area contributed by atoms with Crippen LogP contribution in [-0.2, 0) is 6.42 Å². The Hall–Kier alpha value is -1.51. The van der Waals surface area contributed by atoms with E-state index in [0.717, 1.165) is 38.6 Å². The second-order valence-corrected chi connectivity index (χ2v) is 6.08. The number of amides is 2. The van der Waals surface area contributed by atoms with Crippen molar-refractivity contribution < 1.29 is 4.79 Å². The smallest absolute Gasteiger partial charge is 0.315 e. The first-order valence-electron chi connectivity index (χ1n) is 7.79. The summed E-state index contributed by atoms with van der Waals surface area (Å²) in [4.78, 5) is 11.9. The molecule has 0 bridgehead atoms. The van der Waals surface area contributed by atoms with Gasteiger partial charge in [0.15, 0.2) is 0 Å². The van der Waals surface area contributed by atoms with Crippen molar-refractivity contribution in [2.75, 3.05) is 6.54 Å². The molecule has 3 heteroatoms. The molecule has 1 aromatic rings. The van der Waals surface area contributed by atoms with Crippen molar-refractivity contribution in [3.63, 3.8) is 0 Å². The van der Waals surface area contributed by atoms with Gasteiger partial charge in [0.2, 0.25) is 0 Å². The van der Waals surface area contributed by atoms with E-state index in [-0.39, 0.29) is 12.1 Å². The van der Waals surface area contributed by atoms with Crippen molar-refractivity contribution >= 4 is 6.03 Å². The third kappa shape index (κ3) is 4.26. The van der Waals surface area contributed by atoms with Gasteiger partial charge in [-0.05, 0) is 49.1 Å². The Labute approximate surface area is 122 Å². The third-order valence-corrected chi connectivity index (χ3v) is 3.92. The van der Waals surface area contributed by atoms with Crippen LogP contribution in [0.25, 0.3) is 0 Å². The SMILES string of the molecule is CC(C)CCCNC(=O)NC1CCCc2ccccc21. The molecule has 110 valence electrons. The number of hydrogen-bond donors (Lipinski definition) is 2.